The van der Waals surface area contributed by atoms with Gasteiger partial charge in [0.05, 0.1) is 23.0 Å². The first-order chi connectivity index (χ1) is 13.1. The minimum Gasteiger partial charge on any atom is -0.344 e. The fraction of sp³-hybridized carbons (Fsp3) is 0.0952. The van der Waals surface area contributed by atoms with Gasteiger partial charge in [-0.05, 0) is 43.3 Å². The summed E-state index contributed by atoms with van der Waals surface area (Å²) < 4.78 is 1.85. The maximum atomic E-state index is 12.6. The Hall–Kier alpha value is -3.18. The number of fused-ring (bicyclic) bond motifs is 1. The van der Waals surface area contributed by atoms with Crippen molar-refractivity contribution < 1.29 is 4.79 Å². The van der Waals surface area contributed by atoms with Gasteiger partial charge in [0.1, 0.15) is 5.65 Å². The van der Waals surface area contributed by atoms with E-state index in [1.807, 2.05) is 66.1 Å². The fourth-order valence-corrected chi connectivity index (χ4v) is 3.00. The molecule has 1 amide bonds. The van der Waals surface area contributed by atoms with Crippen molar-refractivity contribution in [1.29, 1.82) is 0 Å². The Morgan fingerprint density at radius 3 is 2.63 bits per heavy atom. The Balaban J connectivity index is 1.57. The van der Waals surface area contributed by atoms with Crippen molar-refractivity contribution in [3.8, 4) is 11.3 Å². The van der Waals surface area contributed by atoms with Gasteiger partial charge in [-0.2, -0.15) is 0 Å². The van der Waals surface area contributed by atoms with Gasteiger partial charge in [0.25, 0.3) is 5.91 Å². The number of hydrogen-bond donors (Lipinski definition) is 1. The summed E-state index contributed by atoms with van der Waals surface area (Å²) in [5, 5.41) is 3.66. The molecule has 6 heteroatoms. The summed E-state index contributed by atoms with van der Waals surface area (Å²) in [6.45, 7) is 1.91. The number of carbonyl (C=O) groups is 1. The number of benzene rings is 1. The van der Waals surface area contributed by atoms with Gasteiger partial charge in [-0.25, -0.2) is 4.98 Å². The number of rotatable bonds is 4. The quantitative estimate of drug-likeness (QED) is 0.568. The van der Waals surface area contributed by atoms with Crippen molar-refractivity contribution in [3.05, 3.63) is 89.5 Å². The minimum atomic E-state index is -0.179. The third-order valence-corrected chi connectivity index (χ3v) is 4.58. The molecular formula is C21H17ClN4O. The van der Waals surface area contributed by atoms with E-state index in [0.29, 0.717) is 10.6 Å². The van der Waals surface area contributed by atoms with Crippen molar-refractivity contribution in [3.63, 3.8) is 0 Å². The normalized spacial score (nSPS) is 12.1. The number of imidazole rings is 1. The molecule has 0 bridgehead atoms. The van der Waals surface area contributed by atoms with E-state index in [2.05, 4.69) is 15.3 Å². The number of pyridine rings is 2. The van der Waals surface area contributed by atoms with Gasteiger partial charge in [-0.1, -0.05) is 29.8 Å². The van der Waals surface area contributed by atoms with Crippen LogP contribution in [-0.4, -0.2) is 20.3 Å². The molecule has 0 saturated carbocycles. The third-order valence-electron chi connectivity index (χ3n) is 4.33. The molecule has 4 rings (SSSR count). The summed E-state index contributed by atoms with van der Waals surface area (Å²) in [5.41, 5.74) is 3.95. The molecule has 0 spiro atoms. The summed E-state index contributed by atoms with van der Waals surface area (Å²) in [6, 6.07) is 16.6. The van der Waals surface area contributed by atoms with Crippen LogP contribution in [0.25, 0.3) is 16.9 Å². The lowest BCUT2D eigenvalue weighted by molar-refractivity contribution is 0.0938. The zero-order valence-corrected chi connectivity index (χ0v) is 15.4. The second-order valence-corrected chi connectivity index (χ2v) is 6.70. The number of hydrogen-bond acceptors (Lipinski definition) is 3. The van der Waals surface area contributed by atoms with Crippen molar-refractivity contribution in [1.82, 2.24) is 19.7 Å². The van der Waals surface area contributed by atoms with Gasteiger partial charge in [0, 0.05) is 29.2 Å². The maximum absolute atomic E-state index is 12.6. The van der Waals surface area contributed by atoms with Crippen molar-refractivity contribution in [2.24, 2.45) is 0 Å². The molecule has 1 N–H and O–H groups in total. The first-order valence-corrected chi connectivity index (χ1v) is 8.94. The molecule has 1 aromatic carbocycles. The van der Waals surface area contributed by atoms with Crippen LogP contribution in [0.3, 0.4) is 0 Å². The van der Waals surface area contributed by atoms with Gasteiger partial charge in [-0.3, -0.25) is 9.78 Å². The Labute approximate surface area is 161 Å². The van der Waals surface area contributed by atoms with Gasteiger partial charge in [0.15, 0.2) is 0 Å². The van der Waals surface area contributed by atoms with E-state index in [-0.39, 0.29) is 11.9 Å². The molecule has 0 aliphatic heterocycles. The Morgan fingerprint density at radius 1 is 1.07 bits per heavy atom. The zero-order chi connectivity index (χ0) is 18.8. The maximum Gasteiger partial charge on any atom is 0.253 e. The molecule has 3 heterocycles. The van der Waals surface area contributed by atoms with Crippen LogP contribution in [0, 0.1) is 0 Å². The predicted molar refractivity (Wildman–Crippen MR) is 106 cm³/mol. The topological polar surface area (TPSA) is 59.3 Å². The van der Waals surface area contributed by atoms with Crippen LogP contribution in [0.5, 0.6) is 0 Å². The highest BCUT2D eigenvalue weighted by molar-refractivity contribution is 6.30. The number of carbonyl (C=O) groups excluding carboxylic acids is 1. The Morgan fingerprint density at radius 2 is 1.89 bits per heavy atom. The summed E-state index contributed by atoms with van der Waals surface area (Å²) in [7, 11) is 0. The van der Waals surface area contributed by atoms with Crippen LogP contribution in [0.4, 0.5) is 0 Å². The Kier molecular flexibility index (Phi) is 4.60. The predicted octanol–water partition coefficient (Wildman–Crippen LogP) is 4.54. The van der Waals surface area contributed by atoms with Gasteiger partial charge in [0.2, 0.25) is 0 Å². The number of amides is 1. The van der Waals surface area contributed by atoms with E-state index in [9.17, 15) is 4.79 Å². The van der Waals surface area contributed by atoms with Crippen molar-refractivity contribution in [2.75, 3.05) is 0 Å². The number of aromatic nitrogens is 3. The van der Waals surface area contributed by atoms with Crippen molar-refractivity contribution >= 4 is 23.2 Å². The largest absolute Gasteiger partial charge is 0.344 e. The molecule has 0 radical (unpaired) electrons. The lowest BCUT2D eigenvalue weighted by atomic mass is 10.2. The second-order valence-electron chi connectivity index (χ2n) is 6.27. The van der Waals surface area contributed by atoms with E-state index < -0.39 is 0 Å². The van der Waals surface area contributed by atoms with Crippen LogP contribution in [-0.2, 0) is 0 Å². The average molecular weight is 377 g/mol. The average Bonchev–Trinajstić information content (AvgIpc) is 3.12. The molecule has 0 aliphatic carbocycles. The van der Waals surface area contributed by atoms with Gasteiger partial charge >= 0.3 is 0 Å². The van der Waals surface area contributed by atoms with Crippen LogP contribution in [0.1, 0.15) is 29.0 Å². The molecule has 0 saturated heterocycles. The molecule has 134 valence electrons. The van der Waals surface area contributed by atoms with Gasteiger partial charge < -0.3 is 9.72 Å². The summed E-state index contributed by atoms with van der Waals surface area (Å²) in [5.74, 6) is -0.156. The molecule has 27 heavy (non-hydrogen) atoms. The lowest BCUT2D eigenvalue weighted by Gasteiger charge is -2.13. The smallest absolute Gasteiger partial charge is 0.253 e. The highest BCUT2D eigenvalue weighted by Gasteiger charge is 2.13. The lowest BCUT2D eigenvalue weighted by Crippen LogP contribution is -2.27. The highest BCUT2D eigenvalue weighted by Crippen LogP contribution is 2.21. The van der Waals surface area contributed by atoms with E-state index in [4.69, 9.17) is 11.6 Å². The summed E-state index contributed by atoms with van der Waals surface area (Å²) >= 11 is 5.94. The summed E-state index contributed by atoms with van der Waals surface area (Å²) in [6.07, 6.45) is 5.40. The summed E-state index contributed by atoms with van der Waals surface area (Å²) in [4.78, 5) is 21.5. The van der Waals surface area contributed by atoms with E-state index in [1.165, 1.54) is 0 Å². The standard InChI is InChI=1S/C21H17ClN4O/c1-14(18-4-2-3-11-23-18)24-21(27)16-7-10-20-25-19(13-26(20)12-16)15-5-8-17(22)9-6-15/h2-14H,1H3,(H,24,27)/t14-/m0/s1. The van der Waals surface area contributed by atoms with E-state index >= 15 is 0 Å². The Bertz CT molecular complexity index is 1090. The van der Waals surface area contributed by atoms with Crippen LogP contribution in [0.2, 0.25) is 5.02 Å². The monoisotopic (exact) mass is 376 g/mol. The molecule has 0 aliphatic rings. The first kappa shape index (κ1) is 17.2. The molecule has 3 aromatic heterocycles. The van der Waals surface area contributed by atoms with Gasteiger partial charge in [-0.15, -0.1) is 0 Å². The van der Waals surface area contributed by atoms with Crippen LogP contribution >= 0.6 is 11.6 Å². The SMILES string of the molecule is C[C@H](NC(=O)c1ccc2nc(-c3ccc(Cl)cc3)cn2c1)c1ccccn1. The molecule has 0 fully saturated rings. The van der Waals surface area contributed by atoms with E-state index in [1.54, 1.807) is 18.5 Å². The number of nitrogens with one attached hydrogen (secondary N) is 1. The fourth-order valence-electron chi connectivity index (χ4n) is 2.87. The molecule has 5 nitrogen and oxygen atoms in total. The van der Waals surface area contributed by atoms with Crippen LogP contribution < -0.4 is 5.32 Å². The van der Waals surface area contributed by atoms with Crippen LogP contribution in [0.15, 0.2) is 73.2 Å². The third kappa shape index (κ3) is 3.68. The number of nitrogens with zero attached hydrogens (tertiary/aromatic N) is 3. The number of halogens is 1. The highest BCUT2D eigenvalue weighted by atomic mass is 35.5. The minimum absolute atomic E-state index is 0.156. The zero-order valence-electron chi connectivity index (χ0n) is 14.6. The second kappa shape index (κ2) is 7.21. The molecular weight excluding hydrogens is 360 g/mol. The molecule has 0 unspecified atom stereocenters. The first-order valence-electron chi connectivity index (χ1n) is 8.56. The van der Waals surface area contributed by atoms with Crippen molar-refractivity contribution in [2.45, 2.75) is 13.0 Å². The molecule has 4 aromatic rings. The molecule has 1 atom stereocenters. The van der Waals surface area contributed by atoms with E-state index in [0.717, 1.165) is 22.6 Å².